The van der Waals surface area contributed by atoms with E-state index >= 15 is 0 Å². The minimum absolute atomic E-state index is 0.0270. The summed E-state index contributed by atoms with van der Waals surface area (Å²) in [5.41, 5.74) is 2.52. The highest BCUT2D eigenvalue weighted by Crippen LogP contribution is 2.30. The predicted molar refractivity (Wildman–Crippen MR) is 119 cm³/mol. The van der Waals surface area contributed by atoms with Crippen LogP contribution in [0.1, 0.15) is 30.1 Å². The summed E-state index contributed by atoms with van der Waals surface area (Å²) in [7, 11) is 1.79. The van der Waals surface area contributed by atoms with Crippen LogP contribution >= 0.6 is 11.6 Å². The SMILES string of the molecule is CCn1cc(NC(=O)C2CCN(C(=O)c3cn(C)nc3-c3ccccc3Cl)CC2)cn1. The second kappa shape index (κ2) is 8.93. The molecule has 1 aliphatic rings. The molecular weight excluding hydrogens is 416 g/mol. The molecule has 1 saturated heterocycles. The smallest absolute Gasteiger partial charge is 0.257 e. The molecule has 0 bridgehead atoms. The number of amides is 2. The van der Waals surface area contributed by atoms with E-state index in [2.05, 4.69) is 15.5 Å². The maximum Gasteiger partial charge on any atom is 0.257 e. The van der Waals surface area contributed by atoms with Crippen LogP contribution in [-0.2, 0) is 18.4 Å². The summed E-state index contributed by atoms with van der Waals surface area (Å²) < 4.78 is 3.39. The average Bonchev–Trinajstić information content (AvgIpc) is 3.39. The van der Waals surface area contributed by atoms with Crippen molar-refractivity contribution in [2.24, 2.45) is 13.0 Å². The van der Waals surface area contributed by atoms with Gasteiger partial charge in [-0.2, -0.15) is 10.2 Å². The number of aromatic nitrogens is 4. The Labute approximate surface area is 185 Å². The Morgan fingerprint density at radius 1 is 1.19 bits per heavy atom. The molecule has 0 spiro atoms. The summed E-state index contributed by atoms with van der Waals surface area (Å²) in [6.45, 7) is 3.77. The van der Waals surface area contributed by atoms with Crippen LogP contribution in [0.3, 0.4) is 0 Å². The van der Waals surface area contributed by atoms with Gasteiger partial charge in [0.25, 0.3) is 5.91 Å². The predicted octanol–water partition coefficient (Wildman–Crippen LogP) is 3.45. The number of carbonyl (C=O) groups is 2. The van der Waals surface area contributed by atoms with Crippen molar-refractivity contribution >= 4 is 29.1 Å². The Morgan fingerprint density at radius 2 is 1.94 bits per heavy atom. The number of hydrogen-bond acceptors (Lipinski definition) is 4. The zero-order valence-corrected chi connectivity index (χ0v) is 18.3. The van der Waals surface area contributed by atoms with Crippen molar-refractivity contribution in [2.45, 2.75) is 26.3 Å². The third-order valence-corrected chi connectivity index (χ3v) is 5.90. The molecule has 1 N–H and O–H groups in total. The van der Waals surface area contributed by atoms with Gasteiger partial charge in [-0.05, 0) is 25.8 Å². The lowest BCUT2D eigenvalue weighted by atomic mass is 9.95. The fourth-order valence-corrected chi connectivity index (χ4v) is 4.08. The number of likely N-dealkylation sites (tertiary alicyclic amines) is 1. The van der Waals surface area contributed by atoms with Crippen molar-refractivity contribution in [3.05, 3.63) is 53.4 Å². The number of benzene rings is 1. The Morgan fingerprint density at radius 3 is 2.61 bits per heavy atom. The largest absolute Gasteiger partial charge is 0.338 e. The minimum atomic E-state index is -0.133. The Bertz CT molecular complexity index is 1100. The van der Waals surface area contributed by atoms with Gasteiger partial charge in [-0.3, -0.25) is 19.0 Å². The molecule has 2 amide bonds. The third kappa shape index (κ3) is 4.49. The van der Waals surface area contributed by atoms with E-state index in [1.54, 1.807) is 39.8 Å². The Kier molecular flexibility index (Phi) is 6.08. The quantitative estimate of drug-likeness (QED) is 0.658. The number of piperidine rings is 1. The van der Waals surface area contributed by atoms with Crippen LogP contribution in [0.5, 0.6) is 0 Å². The fraction of sp³-hybridized carbons (Fsp3) is 0.364. The molecule has 1 fully saturated rings. The molecule has 0 aliphatic carbocycles. The Hall–Kier alpha value is -3.13. The monoisotopic (exact) mass is 440 g/mol. The standard InChI is InChI=1S/C22H25ClN6O2/c1-3-29-13-16(12-24-29)25-21(30)15-8-10-28(11-9-15)22(31)18-14-27(2)26-20(18)17-6-4-5-7-19(17)23/h4-7,12-15H,3,8-11H2,1-2H3,(H,25,30). The summed E-state index contributed by atoms with van der Waals surface area (Å²) in [6, 6.07) is 7.37. The number of rotatable bonds is 5. The van der Waals surface area contributed by atoms with Crippen molar-refractivity contribution in [3.63, 3.8) is 0 Å². The van der Waals surface area contributed by atoms with Crippen LogP contribution in [-0.4, -0.2) is 49.4 Å². The zero-order valence-electron chi connectivity index (χ0n) is 17.6. The van der Waals surface area contributed by atoms with Gasteiger partial charge in [0.15, 0.2) is 0 Å². The molecular formula is C22H25ClN6O2. The van der Waals surface area contributed by atoms with Crippen molar-refractivity contribution < 1.29 is 9.59 Å². The number of aryl methyl sites for hydroxylation is 2. The van der Waals surface area contributed by atoms with Gasteiger partial charge in [-0.25, -0.2) is 0 Å². The highest BCUT2D eigenvalue weighted by molar-refractivity contribution is 6.33. The summed E-state index contributed by atoms with van der Waals surface area (Å²) >= 11 is 6.34. The van der Waals surface area contributed by atoms with Crippen molar-refractivity contribution in [2.75, 3.05) is 18.4 Å². The van der Waals surface area contributed by atoms with Crippen LogP contribution < -0.4 is 5.32 Å². The summed E-state index contributed by atoms with van der Waals surface area (Å²) in [5, 5.41) is 12.1. The lowest BCUT2D eigenvalue weighted by Gasteiger charge is -2.31. The molecule has 3 heterocycles. The number of anilines is 1. The van der Waals surface area contributed by atoms with E-state index in [1.807, 2.05) is 31.3 Å². The first-order valence-corrected chi connectivity index (χ1v) is 10.7. The average molecular weight is 441 g/mol. The van der Waals surface area contributed by atoms with Gasteiger partial charge in [0.05, 0.1) is 22.5 Å². The number of nitrogens with one attached hydrogen (secondary N) is 1. The maximum absolute atomic E-state index is 13.2. The molecule has 3 aromatic rings. The molecule has 4 rings (SSSR count). The molecule has 9 heteroatoms. The Balaban J connectivity index is 1.42. The molecule has 0 atom stereocenters. The van der Waals surface area contributed by atoms with Gasteiger partial charge in [-0.15, -0.1) is 0 Å². The van der Waals surface area contributed by atoms with Crippen LogP contribution in [0.2, 0.25) is 5.02 Å². The normalized spacial score (nSPS) is 14.6. The van der Waals surface area contributed by atoms with Crippen molar-refractivity contribution in [1.29, 1.82) is 0 Å². The van der Waals surface area contributed by atoms with Crippen LogP contribution in [0, 0.1) is 5.92 Å². The van der Waals surface area contributed by atoms with E-state index in [-0.39, 0.29) is 17.7 Å². The van der Waals surface area contributed by atoms with E-state index in [0.29, 0.717) is 47.9 Å². The van der Waals surface area contributed by atoms with Gasteiger partial charge >= 0.3 is 0 Å². The van der Waals surface area contributed by atoms with E-state index in [0.717, 1.165) is 12.1 Å². The first-order valence-electron chi connectivity index (χ1n) is 10.4. The van der Waals surface area contributed by atoms with Gasteiger partial charge in [0.1, 0.15) is 5.69 Å². The highest BCUT2D eigenvalue weighted by atomic mass is 35.5. The molecule has 2 aromatic heterocycles. The molecule has 1 aromatic carbocycles. The van der Waals surface area contributed by atoms with Gasteiger partial charge in [0, 0.05) is 50.6 Å². The molecule has 31 heavy (non-hydrogen) atoms. The maximum atomic E-state index is 13.2. The van der Waals surface area contributed by atoms with E-state index < -0.39 is 0 Å². The topological polar surface area (TPSA) is 85.0 Å². The summed E-state index contributed by atoms with van der Waals surface area (Å²) in [5.74, 6) is -0.252. The van der Waals surface area contributed by atoms with Gasteiger partial charge in [-0.1, -0.05) is 29.8 Å². The van der Waals surface area contributed by atoms with E-state index in [1.165, 1.54) is 0 Å². The number of halogens is 1. The van der Waals surface area contributed by atoms with E-state index in [4.69, 9.17) is 11.6 Å². The molecule has 8 nitrogen and oxygen atoms in total. The molecule has 162 valence electrons. The number of carbonyl (C=O) groups excluding carboxylic acids is 2. The van der Waals surface area contributed by atoms with E-state index in [9.17, 15) is 9.59 Å². The lowest BCUT2D eigenvalue weighted by molar-refractivity contribution is -0.121. The van der Waals surface area contributed by atoms with Crippen LogP contribution in [0.25, 0.3) is 11.3 Å². The van der Waals surface area contributed by atoms with Crippen molar-refractivity contribution in [1.82, 2.24) is 24.5 Å². The number of hydrogen-bond donors (Lipinski definition) is 1. The second-order valence-electron chi connectivity index (χ2n) is 7.69. The number of nitrogens with zero attached hydrogens (tertiary/aromatic N) is 5. The third-order valence-electron chi connectivity index (χ3n) is 5.57. The second-order valence-corrected chi connectivity index (χ2v) is 8.09. The van der Waals surface area contributed by atoms with Crippen LogP contribution in [0.4, 0.5) is 5.69 Å². The minimum Gasteiger partial charge on any atom is -0.338 e. The summed E-state index contributed by atoms with van der Waals surface area (Å²) in [6.07, 6.45) is 6.42. The molecule has 0 saturated carbocycles. The molecule has 1 aliphatic heterocycles. The lowest BCUT2D eigenvalue weighted by Crippen LogP contribution is -2.41. The van der Waals surface area contributed by atoms with Crippen molar-refractivity contribution in [3.8, 4) is 11.3 Å². The highest BCUT2D eigenvalue weighted by Gasteiger charge is 2.30. The molecule has 0 unspecified atom stereocenters. The first kappa shape index (κ1) is 21.1. The first-order chi connectivity index (χ1) is 15.0. The molecule has 0 radical (unpaired) electrons. The van der Waals surface area contributed by atoms with Gasteiger partial charge < -0.3 is 10.2 Å². The summed E-state index contributed by atoms with van der Waals surface area (Å²) in [4.78, 5) is 27.6. The van der Waals surface area contributed by atoms with Crippen LogP contribution in [0.15, 0.2) is 42.9 Å². The zero-order chi connectivity index (χ0) is 22.0. The fourth-order valence-electron chi connectivity index (χ4n) is 3.86. The van der Waals surface area contributed by atoms with Gasteiger partial charge in [0.2, 0.25) is 5.91 Å².